The molecule has 0 saturated heterocycles. The van der Waals surface area contributed by atoms with Crippen LogP contribution in [0.5, 0.6) is 0 Å². The van der Waals surface area contributed by atoms with Crippen molar-refractivity contribution >= 4 is 10.0 Å². The van der Waals surface area contributed by atoms with E-state index in [0.717, 1.165) is 12.1 Å². The summed E-state index contributed by atoms with van der Waals surface area (Å²) in [5, 5.41) is 8.87. The summed E-state index contributed by atoms with van der Waals surface area (Å²) in [7, 11) is -4.16. The molecule has 0 aliphatic carbocycles. The Bertz CT molecular complexity index is 486. The summed E-state index contributed by atoms with van der Waals surface area (Å²) >= 11 is 0. The number of aliphatic hydroxyl groups is 1. The zero-order valence-corrected chi connectivity index (χ0v) is 9.97. The lowest BCUT2D eigenvalue weighted by atomic mass is 10.3. The zero-order chi connectivity index (χ0) is 13.1. The number of nitrogens with one attached hydrogen (secondary N) is 1. The lowest BCUT2D eigenvalue weighted by molar-refractivity contribution is 0.253. The molecule has 0 bridgehead atoms. The first kappa shape index (κ1) is 14.0. The monoisotopic (exact) mass is 265 g/mol. The van der Waals surface area contributed by atoms with Gasteiger partial charge in [-0.2, -0.15) is 0 Å². The molecule has 7 heteroatoms. The topological polar surface area (TPSA) is 66.4 Å². The molecule has 0 heterocycles. The van der Waals surface area contributed by atoms with E-state index in [1.807, 2.05) is 0 Å². The quantitative estimate of drug-likeness (QED) is 0.835. The summed E-state index contributed by atoms with van der Waals surface area (Å²) in [5.41, 5.74) is 0. The summed E-state index contributed by atoms with van der Waals surface area (Å²) in [6, 6.07) is 1.45. The number of hydrogen-bond donors (Lipinski definition) is 2. The molecule has 4 nitrogen and oxygen atoms in total. The number of sulfonamides is 1. The molecule has 1 rings (SSSR count). The van der Waals surface area contributed by atoms with Crippen molar-refractivity contribution in [3.63, 3.8) is 0 Å². The molecule has 1 unspecified atom stereocenters. The SMILES string of the molecule is CCC(CO)NS(=O)(=O)c1cc(F)ccc1F. The molecule has 0 saturated carbocycles. The minimum Gasteiger partial charge on any atom is -0.395 e. The predicted octanol–water partition coefficient (Wildman–Crippen LogP) is 1.01. The Morgan fingerprint density at radius 3 is 2.59 bits per heavy atom. The van der Waals surface area contributed by atoms with Gasteiger partial charge in [0.1, 0.15) is 16.5 Å². The third kappa shape index (κ3) is 3.45. The van der Waals surface area contributed by atoms with Crippen molar-refractivity contribution in [2.24, 2.45) is 0 Å². The summed E-state index contributed by atoms with van der Waals surface area (Å²) in [6.45, 7) is 1.25. The van der Waals surface area contributed by atoms with Crippen LogP contribution in [0.4, 0.5) is 8.78 Å². The van der Waals surface area contributed by atoms with Gasteiger partial charge in [-0.05, 0) is 24.6 Å². The Morgan fingerprint density at radius 2 is 2.06 bits per heavy atom. The second kappa shape index (κ2) is 5.52. The molecule has 1 aromatic carbocycles. The second-order valence-electron chi connectivity index (χ2n) is 3.48. The van der Waals surface area contributed by atoms with Gasteiger partial charge in [-0.25, -0.2) is 21.9 Å². The molecule has 0 spiro atoms. The zero-order valence-electron chi connectivity index (χ0n) is 9.15. The summed E-state index contributed by atoms with van der Waals surface area (Å²) in [4.78, 5) is -0.760. The number of halogens is 2. The first-order valence-corrected chi connectivity index (χ1v) is 6.47. The van der Waals surface area contributed by atoms with Crippen molar-refractivity contribution in [1.29, 1.82) is 0 Å². The van der Waals surface area contributed by atoms with Crippen LogP contribution in [-0.4, -0.2) is 26.2 Å². The standard InChI is InChI=1S/C10H13F2NO3S/c1-2-8(6-14)13-17(15,16)10-5-7(11)3-4-9(10)12/h3-5,8,13-14H,2,6H2,1H3. The van der Waals surface area contributed by atoms with Crippen molar-refractivity contribution in [2.75, 3.05) is 6.61 Å². The first-order valence-electron chi connectivity index (χ1n) is 4.99. The molecular weight excluding hydrogens is 252 g/mol. The van der Waals surface area contributed by atoms with Gasteiger partial charge >= 0.3 is 0 Å². The number of rotatable bonds is 5. The highest BCUT2D eigenvalue weighted by molar-refractivity contribution is 7.89. The highest BCUT2D eigenvalue weighted by Gasteiger charge is 2.22. The maximum Gasteiger partial charge on any atom is 0.243 e. The van der Waals surface area contributed by atoms with Gasteiger partial charge < -0.3 is 5.11 Å². The van der Waals surface area contributed by atoms with Crippen molar-refractivity contribution in [3.05, 3.63) is 29.8 Å². The van der Waals surface area contributed by atoms with E-state index in [-0.39, 0.29) is 0 Å². The minimum atomic E-state index is -4.16. The molecule has 0 aromatic heterocycles. The van der Waals surface area contributed by atoms with Crippen LogP contribution in [0.2, 0.25) is 0 Å². The van der Waals surface area contributed by atoms with Crippen LogP contribution >= 0.6 is 0 Å². The summed E-state index contributed by atoms with van der Waals surface area (Å²) < 4.78 is 51.6. The molecule has 1 aromatic rings. The lowest BCUT2D eigenvalue weighted by Gasteiger charge is -2.14. The fourth-order valence-electron chi connectivity index (χ4n) is 1.22. The van der Waals surface area contributed by atoms with E-state index in [2.05, 4.69) is 4.72 Å². The van der Waals surface area contributed by atoms with Crippen LogP contribution in [0, 0.1) is 11.6 Å². The average Bonchev–Trinajstić information content (AvgIpc) is 2.29. The normalized spacial score (nSPS) is 13.6. The maximum atomic E-state index is 13.3. The Kier molecular flexibility index (Phi) is 4.55. The van der Waals surface area contributed by atoms with Gasteiger partial charge in [0.15, 0.2) is 0 Å². The summed E-state index contributed by atoms with van der Waals surface area (Å²) in [6.07, 6.45) is 0.340. The van der Waals surface area contributed by atoms with Crippen LogP contribution in [0.1, 0.15) is 13.3 Å². The maximum absolute atomic E-state index is 13.3. The highest BCUT2D eigenvalue weighted by Crippen LogP contribution is 2.16. The fraction of sp³-hybridized carbons (Fsp3) is 0.400. The van der Waals surface area contributed by atoms with Crippen LogP contribution in [0.25, 0.3) is 0 Å². The Labute approximate surface area is 98.3 Å². The molecule has 0 radical (unpaired) electrons. The van der Waals surface area contributed by atoms with Crippen LogP contribution in [-0.2, 0) is 10.0 Å². The molecule has 0 aliphatic rings. The largest absolute Gasteiger partial charge is 0.395 e. The third-order valence-corrected chi connectivity index (χ3v) is 3.75. The molecular formula is C10H13F2NO3S. The van der Waals surface area contributed by atoms with Crippen molar-refractivity contribution in [1.82, 2.24) is 4.72 Å². The third-order valence-electron chi connectivity index (χ3n) is 2.22. The average molecular weight is 265 g/mol. The summed E-state index contributed by atoms with van der Waals surface area (Å²) in [5.74, 6) is -1.88. The Balaban J connectivity index is 3.09. The van der Waals surface area contributed by atoms with Crippen LogP contribution in [0.15, 0.2) is 23.1 Å². The Hall–Kier alpha value is -1.05. The predicted molar refractivity (Wildman–Crippen MR) is 57.8 cm³/mol. The fourth-order valence-corrected chi connectivity index (χ4v) is 2.62. The van der Waals surface area contributed by atoms with Crippen molar-refractivity contribution in [3.8, 4) is 0 Å². The number of aliphatic hydroxyl groups excluding tert-OH is 1. The van der Waals surface area contributed by atoms with E-state index in [0.29, 0.717) is 12.5 Å². The van der Waals surface area contributed by atoms with E-state index in [1.165, 1.54) is 0 Å². The smallest absolute Gasteiger partial charge is 0.243 e. The van der Waals surface area contributed by atoms with Gasteiger partial charge in [-0.3, -0.25) is 0 Å². The highest BCUT2D eigenvalue weighted by atomic mass is 32.2. The molecule has 2 N–H and O–H groups in total. The molecule has 96 valence electrons. The van der Waals surface area contributed by atoms with E-state index >= 15 is 0 Å². The Morgan fingerprint density at radius 1 is 1.41 bits per heavy atom. The van der Waals surface area contributed by atoms with Crippen molar-refractivity contribution < 1.29 is 22.3 Å². The van der Waals surface area contributed by atoms with Gasteiger partial charge in [0.05, 0.1) is 6.61 Å². The molecule has 1 atom stereocenters. The van der Waals surface area contributed by atoms with Gasteiger partial charge in [0.2, 0.25) is 10.0 Å². The molecule has 0 amide bonds. The molecule has 17 heavy (non-hydrogen) atoms. The van der Waals surface area contributed by atoms with Gasteiger partial charge in [0.25, 0.3) is 0 Å². The van der Waals surface area contributed by atoms with Crippen LogP contribution < -0.4 is 4.72 Å². The number of benzene rings is 1. The second-order valence-corrected chi connectivity index (χ2v) is 5.17. The van der Waals surface area contributed by atoms with Crippen molar-refractivity contribution in [2.45, 2.75) is 24.3 Å². The molecule has 0 aliphatic heterocycles. The van der Waals surface area contributed by atoms with Gasteiger partial charge in [-0.15, -0.1) is 0 Å². The minimum absolute atomic E-state index is 0.340. The van der Waals surface area contributed by atoms with Crippen LogP contribution in [0.3, 0.4) is 0 Å². The van der Waals surface area contributed by atoms with E-state index in [1.54, 1.807) is 6.92 Å². The van der Waals surface area contributed by atoms with E-state index in [9.17, 15) is 17.2 Å². The lowest BCUT2D eigenvalue weighted by Crippen LogP contribution is -2.37. The van der Waals surface area contributed by atoms with E-state index < -0.39 is 39.2 Å². The van der Waals surface area contributed by atoms with Gasteiger partial charge in [0, 0.05) is 6.04 Å². The van der Waals surface area contributed by atoms with E-state index in [4.69, 9.17) is 5.11 Å². The molecule has 0 fully saturated rings. The van der Waals surface area contributed by atoms with Gasteiger partial charge in [-0.1, -0.05) is 6.92 Å². The first-order chi connectivity index (χ1) is 7.90. The number of hydrogen-bond acceptors (Lipinski definition) is 3.